The summed E-state index contributed by atoms with van der Waals surface area (Å²) in [4.78, 5) is 23.6. The van der Waals surface area contributed by atoms with E-state index in [-0.39, 0.29) is 11.8 Å². The number of rotatable bonds is 4. The molecule has 3 N–H and O–H groups in total. The maximum absolute atomic E-state index is 12.5. The Kier molecular flexibility index (Phi) is 5.39. The number of carbonyl (C=O) groups excluding carboxylic acids is 2. The number of methoxy groups -OCH3 is 1. The standard InChI is InChI=1S/C15H20ClN3O3/c1-10(20)18-13-4-3-11(9-12(13)16)19-14(21)15(22-2)5-7-17-8-6-15/h3-4,9,17H,5-8H2,1-2H3,(H,18,20)(H,19,21). The van der Waals surface area contributed by atoms with Crippen LogP contribution in [0.25, 0.3) is 0 Å². The summed E-state index contributed by atoms with van der Waals surface area (Å²) in [5.74, 6) is -0.383. The molecule has 1 saturated heterocycles. The van der Waals surface area contributed by atoms with Crippen LogP contribution in [0.1, 0.15) is 19.8 Å². The zero-order valence-corrected chi connectivity index (χ0v) is 13.4. The monoisotopic (exact) mass is 325 g/mol. The fraction of sp³-hybridized carbons (Fsp3) is 0.467. The van der Waals surface area contributed by atoms with E-state index in [1.165, 1.54) is 6.92 Å². The first-order valence-corrected chi connectivity index (χ1v) is 7.49. The van der Waals surface area contributed by atoms with E-state index in [2.05, 4.69) is 16.0 Å². The van der Waals surface area contributed by atoms with Gasteiger partial charge in [0, 0.05) is 19.7 Å². The maximum Gasteiger partial charge on any atom is 0.256 e. The SMILES string of the molecule is COC1(C(=O)Nc2ccc(NC(C)=O)c(Cl)c2)CCNCC1. The molecule has 0 unspecified atom stereocenters. The lowest BCUT2D eigenvalue weighted by molar-refractivity contribution is -0.140. The number of benzene rings is 1. The second-order valence-electron chi connectivity index (χ2n) is 5.28. The number of carbonyl (C=O) groups is 2. The van der Waals surface area contributed by atoms with E-state index in [9.17, 15) is 9.59 Å². The van der Waals surface area contributed by atoms with Gasteiger partial charge in [-0.2, -0.15) is 0 Å². The molecule has 1 heterocycles. The molecule has 2 rings (SSSR count). The number of ether oxygens (including phenoxy) is 1. The van der Waals surface area contributed by atoms with Crippen molar-refractivity contribution < 1.29 is 14.3 Å². The molecule has 1 aliphatic rings. The van der Waals surface area contributed by atoms with Crippen LogP contribution in [-0.4, -0.2) is 37.6 Å². The zero-order valence-electron chi connectivity index (χ0n) is 12.7. The summed E-state index contributed by atoms with van der Waals surface area (Å²) in [7, 11) is 1.55. The maximum atomic E-state index is 12.5. The number of piperidine rings is 1. The van der Waals surface area contributed by atoms with E-state index < -0.39 is 5.60 Å². The Morgan fingerprint density at radius 1 is 1.27 bits per heavy atom. The summed E-state index contributed by atoms with van der Waals surface area (Å²) in [6, 6.07) is 4.95. The topological polar surface area (TPSA) is 79.5 Å². The summed E-state index contributed by atoms with van der Waals surface area (Å²) in [5.41, 5.74) is 0.267. The lowest BCUT2D eigenvalue weighted by Gasteiger charge is -2.34. The molecule has 1 aromatic carbocycles. The summed E-state index contributed by atoms with van der Waals surface area (Å²) < 4.78 is 5.48. The quantitative estimate of drug-likeness (QED) is 0.791. The predicted molar refractivity (Wildman–Crippen MR) is 86.2 cm³/mol. The zero-order chi connectivity index (χ0) is 16.2. The molecule has 2 amide bonds. The van der Waals surface area contributed by atoms with Crippen LogP contribution in [0.4, 0.5) is 11.4 Å². The van der Waals surface area contributed by atoms with Crippen molar-refractivity contribution >= 4 is 34.8 Å². The van der Waals surface area contributed by atoms with Gasteiger partial charge in [0.05, 0.1) is 10.7 Å². The highest BCUT2D eigenvalue weighted by molar-refractivity contribution is 6.34. The van der Waals surface area contributed by atoms with Gasteiger partial charge in [-0.15, -0.1) is 0 Å². The van der Waals surface area contributed by atoms with Crippen LogP contribution in [0, 0.1) is 0 Å². The van der Waals surface area contributed by atoms with Gasteiger partial charge in [-0.25, -0.2) is 0 Å². The fourth-order valence-corrected chi connectivity index (χ4v) is 2.71. The molecule has 120 valence electrons. The van der Waals surface area contributed by atoms with Crippen molar-refractivity contribution in [2.24, 2.45) is 0 Å². The van der Waals surface area contributed by atoms with Crippen molar-refractivity contribution in [3.8, 4) is 0 Å². The van der Waals surface area contributed by atoms with Gasteiger partial charge >= 0.3 is 0 Å². The van der Waals surface area contributed by atoms with Gasteiger partial charge in [-0.1, -0.05) is 11.6 Å². The van der Waals surface area contributed by atoms with Gasteiger partial charge < -0.3 is 20.7 Å². The molecule has 0 saturated carbocycles. The third-order valence-electron chi connectivity index (χ3n) is 3.75. The minimum Gasteiger partial charge on any atom is -0.368 e. The van der Waals surface area contributed by atoms with Crippen molar-refractivity contribution in [1.82, 2.24) is 5.32 Å². The third-order valence-corrected chi connectivity index (χ3v) is 4.07. The van der Waals surface area contributed by atoms with Gasteiger partial charge in [0.15, 0.2) is 0 Å². The van der Waals surface area contributed by atoms with Gasteiger partial charge in [-0.05, 0) is 44.1 Å². The molecule has 7 heteroatoms. The molecule has 0 aromatic heterocycles. The van der Waals surface area contributed by atoms with Crippen LogP contribution >= 0.6 is 11.6 Å². The normalized spacial score (nSPS) is 16.9. The molecular weight excluding hydrogens is 306 g/mol. The third kappa shape index (κ3) is 3.76. The van der Waals surface area contributed by atoms with Crippen molar-refractivity contribution in [1.29, 1.82) is 0 Å². The Hall–Kier alpha value is -1.63. The molecule has 22 heavy (non-hydrogen) atoms. The van der Waals surface area contributed by atoms with Crippen LogP contribution in [0.5, 0.6) is 0 Å². The van der Waals surface area contributed by atoms with Gasteiger partial charge in [-0.3, -0.25) is 9.59 Å². The molecule has 0 bridgehead atoms. The molecule has 0 atom stereocenters. The average molecular weight is 326 g/mol. The highest BCUT2D eigenvalue weighted by Crippen LogP contribution is 2.28. The summed E-state index contributed by atoms with van der Waals surface area (Å²) in [6.07, 6.45) is 1.24. The number of amides is 2. The van der Waals surface area contributed by atoms with Crippen LogP contribution in [0.3, 0.4) is 0 Å². The van der Waals surface area contributed by atoms with E-state index in [1.54, 1.807) is 25.3 Å². The first-order chi connectivity index (χ1) is 10.5. The van der Waals surface area contributed by atoms with E-state index in [0.717, 1.165) is 13.1 Å². The molecule has 0 aliphatic carbocycles. The van der Waals surface area contributed by atoms with Gasteiger partial charge in [0.1, 0.15) is 5.60 Å². The Morgan fingerprint density at radius 2 is 1.95 bits per heavy atom. The molecule has 0 radical (unpaired) electrons. The summed E-state index contributed by atoms with van der Waals surface area (Å²) in [6.45, 7) is 2.89. The fourth-order valence-electron chi connectivity index (χ4n) is 2.48. The second kappa shape index (κ2) is 7.09. The Labute approximate surface area is 134 Å². The van der Waals surface area contributed by atoms with E-state index in [0.29, 0.717) is 29.2 Å². The lowest BCUT2D eigenvalue weighted by Crippen LogP contribution is -2.51. The smallest absolute Gasteiger partial charge is 0.256 e. The number of nitrogens with one attached hydrogen (secondary N) is 3. The first-order valence-electron chi connectivity index (χ1n) is 7.11. The van der Waals surface area contributed by atoms with Gasteiger partial charge in [0.25, 0.3) is 5.91 Å². The van der Waals surface area contributed by atoms with E-state index in [1.807, 2.05) is 0 Å². The molecule has 1 aromatic rings. The molecule has 0 spiro atoms. The second-order valence-corrected chi connectivity index (χ2v) is 5.69. The number of halogens is 1. The number of hydrogen-bond donors (Lipinski definition) is 3. The van der Waals surface area contributed by atoms with Gasteiger partial charge in [0.2, 0.25) is 5.91 Å². The van der Waals surface area contributed by atoms with Crippen LogP contribution in [0.2, 0.25) is 5.02 Å². The number of anilines is 2. The Balaban J connectivity index is 2.11. The van der Waals surface area contributed by atoms with Crippen molar-refractivity contribution in [2.45, 2.75) is 25.4 Å². The summed E-state index contributed by atoms with van der Waals surface area (Å²) >= 11 is 6.10. The number of hydrogen-bond acceptors (Lipinski definition) is 4. The molecule has 1 fully saturated rings. The van der Waals surface area contributed by atoms with Crippen molar-refractivity contribution in [2.75, 3.05) is 30.8 Å². The van der Waals surface area contributed by atoms with E-state index >= 15 is 0 Å². The highest BCUT2D eigenvalue weighted by atomic mass is 35.5. The molecular formula is C15H20ClN3O3. The highest BCUT2D eigenvalue weighted by Gasteiger charge is 2.39. The van der Waals surface area contributed by atoms with Crippen LogP contribution < -0.4 is 16.0 Å². The van der Waals surface area contributed by atoms with E-state index in [4.69, 9.17) is 16.3 Å². The van der Waals surface area contributed by atoms with Crippen molar-refractivity contribution in [3.63, 3.8) is 0 Å². The predicted octanol–water partition coefficient (Wildman–Crippen LogP) is 2.01. The average Bonchev–Trinajstić information content (AvgIpc) is 2.50. The van der Waals surface area contributed by atoms with Crippen molar-refractivity contribution in [3.05, 3.63) is 23.2 Å². The Morgan fingerprint density at radius 3 is 2.50 bits per heavy atom. The minimum absolute atomic E-state index is 0.181. The lowest BCUT2D eigenvalue weighted by atomic mass is 9.91. The minimum atomic E-state index is -0.811. The first kappa shape index (κ1) is 16.7. The van der Waals surface area contributed by atoms with Crippen LogP contribution in [0.15, 0.2) is 18.2 Å². The van der Waals surface area contributed by atoms with Crippen LogP contribution in [-0.2, 0) is 14.3 Å². The summed E-state index contributed by atoms with van der Waals surface area (Å²) in [5, 5.41) is 9.03. The largest absolute Gasteiger partial charge is 0.368 e. The molecule has 6 nitrogen and oxygen atoms in total. The molecule has 1 aliphatic heterocycles. The Bertz CT molecular complexity index is 571.